The molecule has 6 nitrogen and oxygen atoms in total. The third-order valence-electron chi connectivity index (χ3n) is 4.09. The van der Waals surface area contributed by atoms with Crippen molar-refractivity contribution in [3.63, 3.8) is 0 Å². The molecule has 1 unspecified atom stereocenters. The molecule has 0 spiro atoms. The van der Waals surface area contributed by atoms with Gasteiger partial charge in [0.05, 0.1) is 12.7 Å². The fourth-order valence-corrected chi connectivity index (χ4v) is 2.66. The van der Waals surface area contributed by atoms with Gasteiger partial charge in [-0.15, -0.1) is 0 Å². The number of rotatable bonds is 7. The first-order chi connectivity index (χ1) is 10.9. The SMILES string of the molecule is COCC(C)(NC(=O)c1ccc(OC2CCCC2)cc1)C(N)=O. The molecule has 0 saturated heterocycles. The van der Waals surface area contributed by atoms with Crippen LogP contribution in [0.4, 0.5) is 0 Å². The van der Waals surface area contributed by atoms with Gasteiger partial charge in [0, 0.05) is 12.7 Å². The van der Waals surface area contributed by atoms with Crippen molar-refractivity contribution in [3.8, 4) is 5.75 Å². The standard InChI is InChI=1S/C17H24N2O4/c1-17(11-22-2,16(18)21)19-15(20)12-7-9-14(10-8-12)23-13-5-3-4-6-13/h7-10,13H,3-6,11H2,1-2H3,(H2,18,21)(H,19,20). The third kappa shape index (κ3) is 4.45. The van der Waals surface area contributed by atoms with E-state index in [1.807, 2.05) is 0 Å². The fourth-order valence-electron chi connectivity index (χ4n) is 2.66. The molecule has 6 heteroatoms. The summed E-state index contributed by atoms with van der Waals surface area (Å²) in [5, 5.41) is 2.62. The lowest BCUT2D eigenvalue weighted by Crippen LogP contribution is -2.58. The van der Waals surface area contributed by atoms with Crippen molar-refractivity contribution in [3.05, 3.63) is 29.8 Å². The molecule has 0 radical (unpaired) electrons. The molecule has 1 saturated carbocycles. The Morgan fingerprint density at radius 3 is 2.39 bits per heavy atom. The van der Waals surface area contributed by atoms with Gasteiger partial charge in [-0.3, -0.25) is 9.59 Å². The number of benzene rings is 1. The first kappa shape index (κ1) is 17.3. The van der Waals surface area contributed by atoms with Gasteiger partial charge in [0.25, 0.3) is 5.91 Å². The Labute approximate surface area is 136 Å². The van der Waals surface area contributed by atoms with E-state index >= 15 is 0 Å². The monoisotopic (exact) mass is 320 g/mol. The summed E-state index contributed by atoms with van der Waals surface area (Å²) < 4.78 is 10.8. The highest BCUT2D eigenvalue weighted by Gasteiger charge is 2.33. The van der Waals surface area contributed by atoms with Gasteiger partial charge in [-0.2, -0.15) is 0 Å². The number of carbonyl (C=O) groups is 2. The summed E-state index contributed by atoms with van der Waals surface area (Å²) in [6.45, 7) is 1.55. The van der Waals surface area contributed by atoms with Gasteiger partial charge >= 0.3 is 0 Å². The number of primary amides is 1. The molecular formula is C17H24N2O4. The Kier molecular flexibility index (Phi) is 5.60. The van der Waals surface area contributed by atoms with Crippen molar-refractivity contribution in [2.75, 3.05) is 13.7 Å². The average molecular weight is 320 g/mol. The summed E-state index contributed by atoms with van der Waals surface area (Å²) in [4.78, 5) is 23.8. The van der Waals surface area contributed by atoms with E-state index < -0.39 is 11.4 Å². The minimum absolute atomic E-state index is 0.0109. The molecule has 1 aliphatic rings. The van der Waals surface area contributed by atoms with Crippen LogP contribution in [0.2, 0.25) is 0 Å². The van der Waals surface area contributed by atoms with Gasteiger partial charge in [0.15, 0.2) is 0 Å². The van der Waals surface area contributed by atoms with Gasteiger partial charge in [0.1, 0.15) is 11.3 Å². The summed E-state index contributed by atoms with van der Waals surface area (Å²) >= 11 is 0. The van der Waals surface area contributed by atoms with Crippen molar-refractivity contribution in [2.24, 2.45) is 5.73 Å². The lowest BCUT2D eigenvalue weighted by molar-refractivity contribution is -0.125. The molecule has 1 fully saturated rings. The molecule has 2 amide bonds. The van der Waals surface area contributed by atoms with Gasteiger partial charge in [-0.1, -0.05) is 0 Å². The lowest BCUT2D eigenvalue weighted by atomic mass is 10.0. The number of ether oxygens (including phenoxy) is 2. The molecular weight excluding hydrogens is 296 g/mol. The Morgan fingerprint density at radius 1 is 1.26 bits per heavy atom. The van der Waals surface area contributed by atoms with Crippen molar-refractivity contribution >= 4 is 11.8 Å². The smallest absolute Gasteiger partial charge is 0.252 e. The van der Waals surface area contributed by atoms with Gasteiger partial charge in [-0.05, 0) is 56.9 Å². The summed E-state index contributed by atoms with van der Waals surface area (Å²) in [5.41, 5.74) is 4.54. The third-order valence-corrected chi connectivity index (χ3v) is 4.09. The number of methoxy groups -OCH3 is 1. The second-order valence-corrected chi connectivity index (χ2v) is 6.13. The number of nitrogens with one attached hydrogen (secondary N) is 1. The minimum atomic E-state index is -1.25. The zero-order valence-corrected chi connectivity index (χ0v) is 13.6. The zero-order chi connectivity index (χ0) is 16.9. The quantitative estimate of drug-likeness (QED) is 0.799. The van der Waals surface area contributed by atoms with E-state index in [0.29, 0.717) is 5.56 Å². The van der Waals surface area contributed by atoms with Crippen LogP contribution in [0.15, 0.2) is 24.3 Å². The van der Waals surface area contributed by atoms with Crippen LogP contribution in [0.5, 0.6) is 5.75 Å². The van der Waals surface area contributed by atoms with Crippen LogP contribution in [-0.4, -0.2) is 37.2 Å². The van der Waals surface area contributed by atoms with E-state index in [9.17, 15) is 9.59 Å². The van der Waals surface area contributed by atoms with E-state index in [1.54, 1.807) is 24.3 Å². The highest BCUT2D eigenvalue weighted by molar-refractivity contribution is 5.98. The zero-order valence-electron chi connectivity index (χ0n) is 13.6. The van der Waals surface area contributed by atoms with Gasteiger partial charge < -0.3 is 20.5 Å². The summed E-state index contributed by atoms with van der Waals surface area (Å²) in [6, 6.07) is 6.89. The molecule has 1 atom stereocenters. The Balaban J connectivity index is 2.00. The van der Waals surface area contributed by atoms with Crippen molar-refractivity contribution in [1.82, 2.24) is 5.32 Å². The summed E-state index contributed by atoms with van der Waals surface area (Å²) in [6.07, 6.45) is 4.84. The van der Waals surface area contributed by atoms with Crippen LogP contribution in [0.25, 0.3) is 0 Å². The van der Waals surface area contributed by atoms with Crippen LogP contribution >= 0.6 is 0 Å². The van der Waals surface area contributed by atoms with Gasteiger partial charge in [-0.25, -0.2) is 0 Å². The summed E-state index contributed by atoms with van der Waals surface area (Å²) in [7, 11) is 1.45. The number of hydrogen-bond acceptors (Lipinski definition) is 4. The summed E-state index contributed by atoms with van der Waals surface area (Å²) in [5.74, 6) is -0.271. The molecule has 1 aliphatic carbocycles. The molecule has 3 N–H and O–H groups in total. The normalized spacial score (nSPS) is 17.5. The van der Waals surface area contributed by atoms with E-state index in [-0.39, 0.29) is 18.6 Å². The minimum Gasteiger partial charge on any atom is -0.490 e. The van der Waals surface area contributed by atoms with Crippen molar-refractivity contribution in [2.45, 2.75) is 44.2 Å². The Bertz CT molecular complexity index is 552. The molecule has 23 heavy (non-hydrogen) atoms. The second-order valence-electron chi connectivity index (χ2n) is 6.13. The number of hydrogen-bond donors (Lipinski definition) is 2. The lowest BCUT2D eigenvalue weighted by Gasteiger charge is -2.26. The topological polar surface area (TPSA) is 90.7 Å². The predicted octanol–water partition coefficient (Wildman–Crippen LogP) is 1.63. The van der Waals surface area contributed by atoms with Crippen molar-refractivity contribution in [1.29, 1.82) is 0 Å². The first-order valence-corrected chi connectivity index (χ1v) is 7.83. The second kappa shape index (κ2) is 7.46. The van der Waals surface area contributed by atoms with Crippen LogP contribution in [0.1, 0.15) is 43.0 Å². The predicted molar refractivity (Wildman–Crippen MR) is 86.3 cm³/mol. The maximum atomic E-state index is 12.3. The fraction of sp³-hybridized carbons (Fsp3) is 0.529. The molecule has 0 aromatic heterocycles. The molecule has 0 heterocycles. The van der Waals surface area contributed by atoms with E-state index in [2.05, 4.69) is 5.32 Å². The molecule has 1 aromatic rings. The largest absolute Gasteiger partial charge is 0.490 e. The van der Waals surface area contributed by atoms with Crippen LogP contribution < -0.4 is 15.8 Å². The van der Waals surface area contributed by atoms with E-state index in [0.717, 1.165) is 18.6 Å². The average Bonchev–Trinajstić information content (AvgIpc) is 3.01. The number of carbonyl (C=O) groups excluding carboxylic acids is 2. The van der Waals surface area contributed by atoms with Crippen LogP contribution in [0, 0.1) is 0 Å². The van der Waals surface area contributed by atoms with Crippen molar-refractivity contribution < 1.29 is 19.1 Å². The first-order valence-electron chi connectivity index (χ1n) is 7.83. The highest BCUT2D eigenvalue weighted by atomic mass is 16.5. The highest BCUT2D eigenvalue weighted by Crippen LogP contribution is 2.24. The number of nitrogens with two attached hydrogens (primary N) is 1. The molecule has 0 bridgehead atoms. The van der Waals surface area contributed by atoms with E-state index in [4.69, 9.17) is 15.2 Å². The Hall–Kier alpha value is -2.08. The molecule has 1 aromatic carbocycles. The molecule has 126 valence electrons. The Morgan fingerprint density at radius 2 is 1.87 bits per heavy atom. The maximum Gasteiger partial charge on any atom is 0.252 e. The number of amides is 2. The molecule has 2 rings (SSSR count). The molecule has 0 aliphatic heterocycles. The van der Waals surface area contributed by atoms with E-state index in [1.165, 1.54) is 26.9 Å². The van der Waals surface area contributed by atoms with Crippen LogP contribution in [0.3, 0.4) is 0 Å². The van der Waals surface area contributed by atoms with Gasteiger partial charge in [0.2, 0.25) is 5.91 Å². The maximum absolute atomic E-state index is 12.3. The van der Waals surface area contributed by atoms with Crippen LogP contribution in [-0.2, 0) is 9.53 Å².